The number of hydrogen-bond donors (Lipinski definition) is 1. The van der Waals surface area contributed by atoms with Crippen molar-refractivity contribution >= 4 is 0 Å². The molecule has 0 saturated heterocycles. The Morgan fingerprint density at radius 3 is 3.00 bits per heavy atom. The predicted octanol–water partition coefficient (Wildman–Crippen LogP) is 1.15. The largest absolute Gasteiger partial charge is 0.464 e. The molecule has 76 valence electrons. The lowest BCUT2D eigenvalue weighted by Crippen LogP contribution is -2.28. The summed E-state index contributed by atoms with van der Waals surface area (Å²) in [4.78, 5) is 11.5. The lowest BCUT2D eigenvalue weighted by atomic mass is 9.96. The number of rotatable bonds is 0. The molecule has 4 nitrogen and oxygen atoms in total. The van der Waals surface area contributed by atoms with Crippen LogP contribution in [0.3, 0.4) is 0 Å². The Bertz CT molecular complexity index is 407. The van der Waals surface area contributed by atoms with Crippen LogP contribution in [0.5, 0.6) is 5.75 Å². The van der Waals surface area contributed by atoms with E-state index in [1.807, 2.05) is 6.92 Å². The van der Waals surface area contributed by atoms with Gasteiger partial charge in [0.25, 0.3) is 0 Å². The number of aliphatic hydroxyl groups is 1. The molecular formula is C10H12O4. The maximum atomic E-state index is 11.5. The fraction of sp³-hybridized carbons (Fsp3) is 0.500. The summed E-state index contributed by atoms with van der Waals surface area (Å²) in [5.41, 5.74) is 0.167. The van der Waals surface area contributed by atoms with E-state index >= 15 is 0 Å². The lowest BCUT2D eigenvalue weighted by Gasteiger charge is -2.25. The fourth-order valence-corrected chi connectivity index (χ4v) is 1.75. The third kappa shape index (κ3) is 1.42. The first-order valence-corrected chi connectivity index (χ1v) is 4.57. The van der Waals surface area contributed by atoms with Crippen molar-refractivity contribution in [1.29, 1.82) is 0 Å². The van der Waals surface area contributed by atoms with Crippen LogP contribution in [0.15, 0.2) is 15.3 Å². The number of ether oxygens (including phenoxy) is 1. The maximum absolute atomic E-state index is 11.5. The summed E-state index contributed by atoms with van der Waals surface area (Å²) in [6.45, 7) is 3.55. The normalized spacial score (nSPS) is 25.4. The van der Waals surface area contributed by atoms with Crippen molar-refractivity contribution in [2.24, 2.45) is 0 Å². The second-order valence-corrected chi connectivity index (χ2v) is 3.63. The van der Waals surface area contributed by atoms with Crippen molar-refractivity contribution < 1.29 is 14.3 Å². The van der Waals surface area contributed by atoms with E-state index in [0.717, 1.165) is 0 Å². The van der Waals surface area contributed by atoms with E-state index in [1.165, 1.54) is 0 Å². The molecule has 0 bridgehead atoms. The average molecular weight is 196 g/mol. The molecule has 4 heteroatoms. The third-order valence-electron chi connectivity index (χ3n) is 2.38. The van der Waals surface area contributed by atoms with Crippen LogP contribution >= 0.6 is 0 Å². The van der Waals surface area contributed by atoms with Crippen LogP contribution < -0.4 is 10.4 Å². The van der Waals surface area contributed by atoms with Gasteiger partial charge >= 0.3 is 5.63 Å². The van der Waals surface area contributed by atoms with Crippen molar-refractivity contribution in [1.82, 2.24) is 0 Å². The second-order valence-electron chi connectivity index (χ2n) is 3.63. The van der Waals surface area contributed by atoms with Gasteiger partial charge in [-0.2, -0.15) is 0 Å². The molecule has 2 rings (SSSR count). The minimum atomic E-state index is -0.821. The van der Waals surface area contributed by atoms with Gasteiger partial charge in [0.15, 0.2) is 6.29 Å². The van der Waals surface area contributed by atoms with Gasteiger partial charge in [-0.3, -0.25) is 0 Å². The monoisotopic (exact) mass is 196 g/mol. The van der Waals surface area contributed by atoms with Gasteiger partial charge in [0.05, 0.1) is 5.56 Å². The van der Waals surface area contributed by atoms with Gasteiger partial charge in [-0.05, 0) is 12.8 Å². The Morgan fingerprint density at radius 1 is 1.57 bits per heavy atom. The van der Waals surface area contributed by atoms with Crippen LogP contribution in [-0.2, 0) is 0 Å². The van der Waals surface area contributed by atoms with E-state index < -0.39 is 6.29 Å². The molecule has 0 spiro atoms. The van der Waals surface area contributed by atoms with E-state index in [2.05, 4.69) is 0 Å². The molecule has 2 heterocycles. The van der Waals surface area contributed by atoms with Crippen LogP contribution in [0, 0.1) is 6.92 Å². The Labute approximate surface area is 81.1 Å². The number of aryl methyl sites for hydroxylation is 1. The smallest absolute Gasteiger partial charge is 0.343 e. The molecule has 1 aromatic heterocycles. The minimum absolute atomic E-state index is 0.0226. The highest BCUT2D eigenvalue weighted by atomic mass is 16.6. The van der Waals surface area contributed by atoms with E-state index in [9.17, 15) is 9.90 Å². The summed E-state index contributed by atoms with van der Waals surface area (Å²) in [7, 11) is 0. The number of aliphatic hydroxyl groups excluding tert-OH is 1. The standard InChI is InChI=1S/C10H12O4/c1-5-3-8(11)14-7-4-6(2)13-10(12)9(5)7/h4-5,8,11H,3H2,1-2H3. The molecule has 2 atom stereocenters. The highest BCUT2D eigenvalue weighted by molar-refractivity contribution is 5.35. The molecule has 1 aromatic rings. The van der Waals surface area contributed by atoms with Crippen molar-refractivity contribution in [3.63, 3.8) is 0 Å². The summed E-state index contributed by atoms with van der Waals surface area (Å²) in [6, 6.07) is 1.63. The number of hydrogen-bond acceptors (Lipinski definition) is 4. The Hall–Kier alpha value is -1.29. The van der Waals surface area contributed by atoms with Gasteiger partial charge in [-0.25, -0.2) is 4.79 Å². The van der Waals surface area contributed by atoms with Gasteiger partial charge in [0.1, 0.15) is 11.5 Å². The van der Waals surface area contributed by atoms with E-state index in [-0.39, 0.29) is 11.5 Å². The molecule has 1 aliphatic rings. The van der Waals surface area contributed by atoms with Crippen molar-refractivity contribution in [3.05, 3.63) is 27.8 Å². The predicted molar refractivity (Wildman–Crippen MR) is 49.4 cm³/mol. The van der Waals surface area contributed by atoms with E-state index in [1.54, 1.807) is 13.0 Å². The molecule has 1 aliphatic heterocycles. The number of fused-ring (bicyclic) bond motifs is 1. The maximum Gasteiger partial charge on any atom is 0.343 e. The molecule has 1 N–H and O–H groups in total. The molecule has 0 saturated carbocycles. The van der Waals surface area contributed by atoms with E-state index in [0.29, 0.717) is 23.5 Å². The van der Waals surface area contributed by atoms with Crippen LogP contribution in [0.1, 0.15) is 30.6 Å². The van der Waals surface area contributed by atoms with Gasteiger partial charge < -0.3 is 14.3 Å². The summed E-state index contributed by atoms with van der Waals surface area (Å²) >= 11 is 0. The van der Waals surface area contributed by atoms with E-state index in [4.69, 9.17) is 9.15 Å². The molecule has 0 aromatic carbocycles. The fourth-order valence-electron chi connectivity index (χ4n) is 1.75. The highest BCUT2D eigenvalue weighted by Gasteiger charge is 2.27. The van der Waals surface area contributed by atoms with Crippen molar-refractivity contribution in [3.8, 4) is 5.75 Å². The van der Waals surface area contributed by atoms with Crippen LogP contribution in [0.4, 0.5) is 0 Å². The molecule has 0 aliphatic carbocycles. The van der Waals surface area contributed by atoms with Gasteiger partial charge in [-0.15, -0.1) is 0 Å². The minimum Gasteiger partial charge on any atom is -0.464 e. The molecular weight excluding hydrogens is 184 g/mol. The van der Waals surface area contributed by atoms with Crippen LogP contribution in [0.25, 0.3) is 0 Å². The Kier molecular flexibility index (Phi) is 2.07. The van der Waals surface area contributed by atoms with Crippen molar-refractivity contribution in [2.45, 2.75) is 32.5 Å². The Balaban J connectivity index is 2.59. The highest BCUT2D eigenvalue weighted by Crippen LogP contribution is 2.33. The molecule has 2 unspecified atom stereocenters. The van der Waals surface area contributed by atoms with Crippen LogP contribution in [-0.4, -0.2) is 11.4 Å². The van der Waals surface area contributed by atoms with Gasteiger partial charge in [-0.1, -0.05) is 6.92 Å². The van der Waals surface area contributed by atoms with Crippen LogP contribution in [0.2, 0.25) is 0 Å². The second kappa shape index (κ2) is 3.13. The topological polar surface area (TPSA) is 59.7 Å². The summed E-state index contributed by atoms with van der Waals surface area (Å²) in [6.07, 6.45) is -0.389. The third-order valence-corrected chi connectivity index (χ3v) is 2.38. The zero-order valence-corrected chi connectivity index (χ0v) is 8.11. The lowest BCUT2D eigenvalue weighted by molar-refractivity contribution is -0.0387. The first-order valence-electron chi connectivity index (χ1n) is 4.57. The molecule has 0 radical (unpaired) electrons. The first-order chi connectivity index (χ1) is 6.58. The molecule has 14 heavy (non-hydrogen) atoms. The first kappa shape index (κ1) is 9.27. The summed E-state index contributed by atoms with van der Waals surface area (Å²) < 4.78 is 10.1. The quantitative estimate of drug-likeness (QED) is 0.676. The zero-order valence-electron chi connectivity index (χ0n) is 8.11. The molecule has 0 amide bonds. The SMILES string of the molecule is Cc1cc2c(c(=O)o1)C(C)CC(O)O2. The zero-order chi connectivity index (χ0) is 10.3. The summed E-state index contributed by atoms with van der Waals surface area (Å²) in [5.74, 6) is 0.922. The molecule has 0 fully saturated rings. The van der Waals surface area contributed by atoms with Crippen molar-refractivity contribution in [2.75, 3.05) is 0 Å². The Morgan fingerprint density at radius 2 is 2.29 bits per heavy atom. The summed E-state index contributed by atoms with van der Waals surface area (Å²) in [5, 5.41) is 9.35. The van der Waals surface area contributed by atoms with Gasteiger partial charge in [0, 0.05) is 12.5 Å². The average Bonchev–Trinajstić information content (AvgIpc) is 1.99. The van der Waals surface area contributed by atoms with Gasteiger partial charge in [0.2, 0.25) is 0 Å².